The SMILES string of the molecule is CC(C)c1ccccc1[C@H]1COCCN1C1CC2(CCN(c3ccc(C(=O)NS(=O)(=O)c4cc5c(c([N+](=O)[O-])c4)O[C@@H](CN4CCOCC4)CO5)c(Oc4cnc5[nH]ccc5c4)c3)CC2)C1. The lowest BCUT2D eigenvalue weighted by molar-refractivity contribution is -0.386. The number of nitrogens with zero attached hydrogens (tertiary/aromatic N) is 5. The Labute approximate surface area is 383 Å². The van der Waals surface area contributed by atoms with Gasteiger partial charge in [0.25, 0.3) is 15.9 Å². The lowest BCUT2D eigenvalue weighted by Gasteiger charge is -2.57. The molecule has 0 unspecified atom stereocenters. The van der Waals surface area contributed by atoms with Crippen LogP contribution in [0.15, 0.2) is 84.0 Å². The summed E-state index contributed by atoms with van der Waals surface area (Å²) in [7, 11) is -4.68. The number of aromatic nitrogens is 2. The van der Waals surface area contributed by atoms with Gasteiger partial charge in [-0.15, -0.1) is 0 Å². The first-order chi connectivity index (χ1) is 31.9. The molecular weight excluding hydrogens is 867 g/mol. The smallest absolute Gasteiger partial charge is 0.316 e. The molecule has 0 bridgehead atoms. The molecule has 0 radical (unpaired) electrons. The summed E-state index contributed by atoms with van der Waals surface area (Å²) in [5, 5.41) is 13.1. The van der Waals surface area contributed by atoms with E-state index in [1.807, 2.05) is 6.07 Å². The molecule has 17 nitrogen and oxygen atoms in total. The van der Waals surface area contributed by atoms with Crippen LogP contribution in [0.3, 0.4) is 0 Å². The number of ether oxygens (including phenoxy) is 5. The number of amides is 1. The molecule has 18 heteroatoms. The van der Waals surface area contributed by atoms with Gasteiger partial charge in [0.2, 0.25) is 5.75 Å². The number of carbonyl (C=O) groups excluding carboxylic acids is 1. The third-order valence-electron chi connectivity index (χ3n) is 14.0. The maximum atomic E-state index is 14.1. The van der Waals surface area contributed by atoms with Crippen LogP contribution >= 0.6 is 0 Å². The molecular formula is C48H55N7O10S. The molecule has 2 N–H and O–H groups in total. The Balaban J connectivity index is 0.854. The number of fused-ring (bicyclic) bond motifs is 2. The average molecular weight is 922 g/mol. The standard InChI is InChI=1S/C48H55N7O10S/c1-31(2)38-5-3-4-6-39(38)42-30-62-20-17-54(42)34-25-48(26-34)10-13-53(14-11-48)33-7-8-40(43(22-33)64-35-21-32-9-12-49-46(32)50-27-35)47(56)51-66(59,60)37-23-41(55(57)58)45-44(24-37)63-29-36(65-45)28-52-15-18-61-19-16-52/h3-9,12,21-24,27,31,34,36,42H,10-11,13-20,25-26,28-30H2,1-2H3,(H,49,50)(H,51,56)/t36-,42+/m0/s1. The highest BCUT2D eigenvalue weighted by Gasteiger charge is 2.50. The van der Waals surface area contributed by atoms with E-state index in [0.29, 0.717) is 62.8 Å². The Kier molecular flexibility index (Phi) is 12.1. The molecule has 10 rings (SSSR count). The molecule has 5 aliphatic rings. The van der Waals surface area contributed by atoms with E-state index < -0.39 is 37.5 Å². The number of morpholine rings is 2. The fourth-order valence-corrected chi connectivity index (χ4v) is 11.4. The van der Waals surface area contributed by atoms with E-state index in [4.69, 9.17) is 23.7 Å². The van der Waals surface area contributed by atoms with Crippen LogP contribution in [-0.2, 0) is 19.5 Å². The van der Waals surface area contributed by atoms with E-state index in [1.165, 1.54) is 17.3 Å². The second kappa shape index (κ2) is 18.1. The summed E-state index contributed by atoms with van der Waals surface area (Å²) in [5.74, 6) is -0.341. The highest BCUT2D eigenvalue weighted by atomic mass is 32.2. The van der Waals surface area contributed by atoms with E-state index in [-0.39, 0.29) is 40.9 Å². The number of nitro groups is 1. The maximum Gasteiger partial charge on any atom is 0.316 e. The van der Waals surface area contributed by atoms with Gasteiger partial charge in [0, 0.05) is 80.8 Å². The monoisotopic (exact) mass is 921 g/mol. The van der Waals surface area contributed by atoms with Gasteiger partial charge in [-0.05, 0) is 72.4 Å². The van der Waals surface area contributed by atoms with Gasteiger partial charge in [-0.25, -0.2) is 18.1 Å². The molecule has 6 heterocycles. The third kappa shape index (κ3) is 8.91. The molecule has 1 aliphatic carbocycles. The molecule has 2 atom stereocenters. The molecule has 66 heavy (non-hydrogen) atoms. The zero-order valence-corrected chi connectivity index (χ0v) is 38.0. The van der Waals surface area contributed by atoms with Crippen molar-refractivity contribution in [3.8, 4) is 23.0 Å². The number of benzene rings is 3. The van der Waals surface area contributed by atoms with Gasteiger partial charge in [0.05, 0.1) is 54.0 Å². The molecule has 4 aliphatic heterocycles. The largest absolute Gasteiger partial charge is 0.485 e. The number of pyridine rings is 1. The van der Waals surface area contributed by atoms with Crippen LogP contribution in [0.1, 0.15) is 73.0 Å². The number of piperidine rings is 1. The number of sulfonamides is 1. The van der Waals surface area contributed by atoms with Crippen LogP contribution in [0.4, 0.5) is 11.4 Å². The summed E-state index contributed by atoms with van der Waals surface area (Å²) in [4.78, 5) is 39.7. The number of nitrogens with one attached hydrogen (secondary N) is 2. The lowest BCUT2D eigenvalue weighted by atomic mass is 9.59. The van der Waals surface area contributed by atoms with Gasteiger partial charge in [0.15, 0.2) is 5.75 Å². The van der Waals surface area contributed by atoms with E-state index in [0.717, 1.165) is 75.1 Å². The Bertz CT molecular complexity index is 2720. The summed E-state index contributed by atoms with van der Waals surface area (Å²) >= 11 is 0. The van der Waals surface area contributed by atoms with E-state index in [1.54, 1.807) is 30.5 Å². The predicted octanol–water partition coefficient (Wildman–Crippen LogP) is 6.80. The second-order valence-electron chi connectivity index (χ2n) is 18.5. The summed E-state index contributed by atoms with van der Waals surface area (Å²) in [5.41, 5.74) is 3.86. The number of anilines is 1. The van der Waals surface area contributed by atoms with Crippen LogP contribution in [0.5, 0.6) is 23.0 Å². The Hall–Kier alpha value is -5.79. The Morgan fingerprint density at radius 3 is 2.56 bits per heavy atom. The molecule has 5 aromatic rings. The van der Waals surface area contributed by atoms with Crippen LogP contribution in [0.2, 0.25) is 0 Å². The molecule has 1 spiro atoms. The minimum absolute atomic E-state index is 0.0508. The number of hydrogen-bond acceptors (Lipinski definition) is 14. The lowest BCUT2D eigenvalue weighted by Crippen LogP contribution is -2.58. The summed E-state index contributed by atoms with van der Waals surface area (Å²) in [6.45, 7) is 11.5. The van der Waals surface area contributed by atoms with E-state index in [9.17, 15) is 23.3 Å². The first-order valence-corrected chi connectivity index (χ1v) is 24.3. The number of rotatable bonds is 12. The minimum Gasteiger partial charge on any atom is -0.485 e. The first kappa shape index (κ1) is 44.1. The van der Waals surface area contributed by atoms with Crippen molar-refractivity contribution in [2.75, 3.05) is 77.2 Å². The molecule has 1 amide bonds. The van der Waals surface area contributed by atoms with Gasteiger partial charge in [-0.3, -0.25) is 24.7 Å². The average Bonchev–Trinajstić information content (AvgIpc) is 3.79. The van der Waals surface area contributed by atoms with Gasteiger partial charge >= 0.3 is 5.69 Å². The molecule has 348 valence electrons. The zero-order chi connectivity index (χ0) is 45.6. The van der Waals surface area contributed by atoms with E-state index in [2.05, 4.69) is 67.5 Å². The molecule has 3 aromatic carbocycles. The number of carbonyl (C=O) groups is 1. The molecule has 2 aromatic heterocycles. The maximum absolute atomic E-state index is 14.1. The Morgan fingerprint density at radius 2 is 1.77 bits per heavy atom. The predicted molar refractivity (Wildman–Crippen MR) is 245 cm³/mol. The van der Waals surface area contributed by atoms with Crippen LogP contribution < -0.4 is 23.8 Å². The number of nitro benzene ring substituents is 1. The van der Waals surface area contributed by atoms with Crippen molar-refractivity contribution in [3.63, 3.8) is 0 Å². The first-order valence-electron chi connectivity index (χ1n) is 22.8. The number of hydrogen-bond donors (Lipinski definition) is 2. The fraction of sp³-hybridized carbons (Fsp3) is 0.458. The molecule has 1 saturated carbocycles. The van der Waals surface area contributed by atoms with Crippen molar-refractivity contribution >= 4 is 38.3 Å². The normalized spacial score (nSPS) is 21.5. The summed E-state index contributed by atoms with van der Waals surface area (Å²) < 4.78 is 59.7. The van der Waals surface area contributed by atoms with Crippen molar-refractivity contribution < 1.29 is 41.8 Å². The van der Waals surface area contributed by atoms with Crippen molar-refractivity contribution in [2.45, 2.75) is 68.5 Å². The highest BCUT2D eigenvalue weighted by molar-refractivity contribution is 7.90. The topological polar surface area (TPSA) is 191 Å². The summed E-state index contributed by atoms with van der Waals surface area (Å²) in [6, 6.07) is 20.3. The summed E-state index contributed by atoms with van der Waals surface area (Å²) in [6.07, 6.45) is 7.08. The Morgan fingerprint density at radius 1 is 0.985 bits per heavy atom. The fourth-order valence-electron chi connectivity index (χ4n) is 10.4. The van der Waals surface area contributed by atoms with Crippen LogP contribution in [0, 0.1) is 15.5 Å². The van der Waals surface area contributed by atoms with Crippen molar-refractivity contribution in [1.29, 1.82) is 0 Å². The quantitative estimate of drug-likeness (QED) is 0.0981. The molecule has 4 fully saturated rings. The van der Waals surface area contributed by atoms with E-state index >= 15 is 0 Å². The van der Waals surface area contributed by atoms with Crippen molar-refractivity contribution in [2.24, 2.45) is 5.41 Å². The number of H-pyrrole nitrogens is 1. The van der Waals surface area contributed by atoms with Gasteiger partial charge in [-0.2, -0.15) is 0 Å². The second-order valence-corrected chi connectivity index (χ2v) is 20.1. The van der Waals surface area contributed by atoms with Gasteiger partial charge < -0.3 is 33.6 Å². The molecule has 3 saturated heterocycles. The van der Waals surface area contributed by atoms with Crippen molar-refractivity contribution in [3.05, 3.63) is 106 Å². The number of aromatic amines is 1. The minimum atomic E-state index is -4.68. The highest BCUT2D eigenvalue weighted by Crippen LogP contribution is 2.53. The van der Waals surface area contributed by atoms with Crippen LogP contribution in [0.25, 0.3) is 11.0 Å². The van der Waals surface area contributed by atoms with Crippen molar-refractivity contribution in [1.82, 2.24) is 24.5 Å². The van der Waals surface area contributed by atoms with Gasteiger partial charge in [-0.1, -0.05) is 38.1 Å². The van der Waals surface area contributed by atoms with Gasteiger partial charge in [0.1, 0.15) is 29.9 Å². The third-order valence-corrected chi connectivity index (χ3v) is 15.3. The zero-order valence-electron chi connectivity index (χ0n) is 37.1. The van der Waals surface area contributed by atoms with Crippen LogP contribution in [-0.4, -0.2) is 123 Å².